The predicted molar refractivity (Wildman–Crippen MR) is 87.2 cm³/mol. The van der Waals surface area contributed by atoms with Gasteiger partial charge in [0, 0.05) is 39.4 Å². The molecule has 0 radical (unpaired) electrons. The number of hydrogen-bond donors (Lipinski definition) is 0. The molecule has 4 amide bonds. The molecule has 3 rings (SSSR count). The number of nitrogens with zero attached hydrogens (tertiary/aromatic N) is 3. The normalized spacial score (nSPS) is 17.4. The maximum atomic E-state index is 12.7. The van der Waals surface area contributed by atoms with Crippen LogP contribution in [-0.4, -0.2) is 85.3 Å². The number of fused-ring (bicyclic) bond motifs is 1. The van der Waals surface area contributed by atoms with Gasteiger partial charge in [-0.05, 0) is 18.2 Å². The van der Waals surface area contributed by atoms with Crippen molar-refractivity contribution in [3.63, 3.8) is 0 Å². The van der Waals surface area contributed by atoms with Crippen LogP contribution in [0.25, 0.3) is 0 Å². The maximum absolute atomic E-state index is 12.7. The molecular formula is C17H19N3O5. The van der Waals surface area contributed by atoms with Gasteiger partial charge in [0.2, 0.25) is 5.91 Å². The molecule has 2 aliphatic rings. The number of piperazine rings is 1. The van der Waals surface area contributed by atoms with Crippen LogP contribution < -0.4 is 0 Å². The monoisotopic (exact) mass is 345 g/mol. The fourth-order valence-electron chi connectivity index (χ4n) is 3.00. The lowest BCUT2D eigenvalue weighted by Crippen LogP contribution is -2.52. The number of methoxy groups -OCH3 is 1. The van der Waals surface area contributed by atoms with Crippen molar-refractivity contribution in [3.05, 3.63) is 34.9 Å². The van der Waals surface area contributed by atoms with Crippen LogP contribution in [0.1, 0.15) is 31.1 Å². The van der Waals surface area contributed by atoms with Gasteiger partial charge in [-0.25, -0.2) is 0 Å². The molecule has 0 saturated carbocycles. The number of carbonyl (C=O) groups is 4. The molecule has 8 heteroatoms. The highest BCUT2D eigenvalue weighted by atomic mass is 16.5. The van der Waals surface area contributed by atoms with Crippen LogP contribution in [0.5, 0.6) is 0 Å². The number of rotatable bonds is 4. The zero-order valence-electron chi connectivity index (χ0n) is 14.2. The van der Waals surface area contributed by atoms with Gasteiger partial charge >= 0.3 is 0 Å². The minimum absolute atomic E-state index is 0.00753. The van der Waals surface area contributed by atoms with E-state index in [2.05, 4.69) is 0 Å². The lowest BCUT2D eigenvalue weighted by Gasteiger charge is -2.34. The number of carbonyl (C=O) groups excluding carboxylic acids is 4. The molecule has 1 saturated heterocycles. The standard InChI is InChI=1S/C17H19N3O5/c1-18-16(23)12-4-3-11(9-13(12)17(18)24)15(22)20-6-5-19(7-8-25-2)14(21)10-20/h3-4,9H,5-8,10H2,1-2H3. The van der Waals surface area contributed by atoms with Crippen LogP contribution in [0.2, 0.25) is 0 Å². The summed E-state index contributed by atoms with van der Waals surface area (Å²) in [5, 5.41) is 0. The molecule has 0 N–H and O–H groups in total. The number of imide groups is 1. The van der Waals surface area contributed by atoms with Crippen molar-refractivity contribution >= 4 is 23.6 Å². The Kier molecular flexibility index (Phi) is 4.54. The summed E-state index contributed by atoms with van der Waals surface area (Å²) in [5.41, 5.74) is 0.821. The van der Waals surface area contributed by atoms with Gasteiger partial charge in [-0.1, -0.05) is 0 Å². The fourth-order valence-corrected chi connectivity index (χ4v) is 3.00. The zero-order valence-corrected chi connectivity index (χ0v) is 14.2. The molecule has 132 valence electrons. The van der Waals surface area contributed by atoms with Gasteiger partial charge in [0.25, 0.3) is 17.7 Å². The minimum Gasteiger partial charge on any atom is -0.383 e. The van der Waals surface area contributed by atoms with Gasteiger partial charge in [-0.2, -0.15) is 0 Å². The van der Waals surface area contributed by atoms with E-state index in [0.717, 1.165) is 4.90 Å². The first-order chi connectivity index (χ1) is 11.9. The van der Waals surface area contributed by atoms with Crippen molar-refractivity contribution in [2.24, 2.45) is 0 Å². The first kappa shape index (κ1) is 17.1. The Bertz CT molecular complexity index is 761. The summed E-state index contributed by atoms with van der Waals surface area (Å²) >= 11 is 0. The SMILES string of the molecule is COCCN1CCN(C(=O)c2ccc3c(c2)C(=O)N(C)C3=O)CC1=O. The van der Waals surface area contributed by atoms with E-state index in [4.69, 9.17) is 4.74 Å². The summed E-state index contributed by atoms with van der Waals surface area (Å²) < 4.78 is 4.97. The number of ether oxygens (including phenoxy) is 1. The van der Waals surface area contributed by atoms with E-state index in [-0.39, 0.29) is 29.8 Å². The molecule has 25 heavy (non-hydrogen) atoms. The highest BCUT2D eigenvalue weighted by Crippen LogP contribution is 2.23. The second-order valence-electron chi connectivity index (χ2n) is 6.03. The van der Waals surface area contributed by atoms with E-state index < -0.39 is 5.91 Å². The lowest BCUT2D eigenvalue weighted by molar-refractivity contribution is -0.135. The molecule has 0 spiro atoms. The lowest BCUT2D eigenvalue weighted by atomic mass is 10.0. The van der Waals surface area contributed by atoms with Gasteiger partial charge in [0.1, 0.15) is 6.54 Å². The quantitative estimate of drug-likeness (QED) is 0.708. The Hall–Kier alpha value is -2.74. The molecule has 2 heterocycles. The van der Waals surface area contributed by atoms with E-state index in [1.54, 1.807) is 12.0 Å². The largest absolute Gasteiger partial charge is 0.383 e. The highest BCUT2D eigenvalue weighted by molar-refractivity contribution is 6.21. The molecule has 0 bridgehead atoms. The van der Waals surface area contributed by atoms with Crippen LogP contribution in [-0.2, 0) is 9.53 Å². The first-order valence-electron chi connectivity index (χ1n) is 7.96. The third-order valence-electron chi connectivity index (χ3n) is 4.51. The van der Waals surface area contributed by atoms with E-state index >= 15 is 0 Å². The number of benzene rings is 1. The Morgan fingerprint density at radius 1 is 1.12 bits per heavy atom. The van der Waals surface area contributed by atoms with Crippen molar-refractivity contribution < 1.29 is 23.9 Å². The summed E-state index contributed by atoms with van der Waals surface area (Å²) in [5.74, 6) is -1.25. The molecule has 0 atom stereocenters. The van der Waals surface area contributed by atoms with Crippen molar-refractivity contribution in [1.29, 1.82) is 0 Å². The van der Waals surface area contributed by atoms with Crippen LogP contribution in [0, 0.1) is 0 Å². The van der Waals surface area contributed by atoms with Crippen molar-refractivity contribution in [3.8, 4) is 0 Å². The zero-order chi connectivity index (χ0) is 18.1. The smallest absolute Gasteiger partial charge is 0.261 e. The molecular weight excluding hydrogens is 326 g/mol. The van der Waals surface area contributed by atoms with Crippen LogP contribution in [0.4, 0.5) is 0 Å². The molecule has 0 unspecified atom stereocenters. The summed E-state index contributed by atoms with van der Waals surface area (Å²) in [7, 11) is 2.98. The Balaban J connectivity index is 1.74. The first-order valence-corrected chi connectivity index (χ1v) is 7.96. The Morgan fingerprint density at radius 2 is 1.84 bits per heavy atom. The van der Waals surface area contributed by atoms with Gasteiger partial charge in [0.15, 0.2) is 0 Å². The van der Waals surface area contributed by atoms with Crippen LogP contribution in [0.15, 0.2) is 18.2 Å². The van der Waals surface area contributed by atoms with Gasteiger partial charge < -0.3 is 14.5 Å². The molecule has 8 nitrogen and oxygen atoms in total. The average Bonchev–Trinajstić information content (AvgIpc) is 2.84. The van der Waals surface area contributed by atoms with E-state index in [0.29, 0.717) is 37.4 Å². The average molecular weight is 345 g/mol. The third-order valence-corrected chi connectivity index (χ3v) is 4.51. The van der Waals surface area contributed by atoms with Gasteiger partial charge in [0.05, 0.1) is 17.7 Å². The van der Waals surface area contributed by atoms with Crippen LogP contribution >= 0.6 is 0 Å². The summed E-state index contributed by atoms with van der Waals surface area (Å²) in [6, 6.07) is 4.44. The summed E-state index contributed by atoms with van der Waals surface area (Å²) in [6.45, 7) is 1.80. The molecule has 2 aliphatic heterocycles. The number of hydrogen-bond acceptors (Lipinski definition) is 5. The fraction of sp³-hybridized carbons (Fsp3) is 0.412. The minimum atomic E-state index is -0.421. The molecule has 0 aliphatic carbocycles. The van der Waals surface area contributed by atoms with E-state index in [1.165, 1.54) is 30.1 Å². The third kappa shape index (κ3) is 3.00. The van der Waals surface area contributed by atoms with E-state index in [9.17, 15) is 19.2 Å². The topological polar surface area (TPSA) is 87.2 Å². The second-order valence-corrected chi connectivity index (χ2v) is 6.03. The maximum Gasteiger partial charge on any atom is 0.261 e. The summed E-state index contributed by atoms with van der Waals surface area (Å²) in [6.07, 6.45) is 0. The summed E-state index contributed by atoms with van der Waals surface area (Å²) in [4.78, 5) is 52.9. The number of amides is 4. The van der Waals surface area contributed by atoms with Gasteiger partial charge in [-0.15, -0.1) is 0 Å². The Morgan fingerprint density at radius 3 is 2.52 bits per heavy atom. The van der Waals surface area contributed by atoms with Crippen molar-refractivity contribution in [1.82, 2.24) is 14.7 Å². The molecule has 1 aromatic carbocycles. The van der Waals surface area contributed by atoms with Gasteiger partial charge in [-0.3, -0.25) is 24.1 Å². The second kappa shape index (κ2) is 6.64. The predicted octanol–water partition coefficient (Wildman–Crippen LogP) is -0.157. The highest BCUT2D eigenvalue weighted by Gasteiger charge is 2.34. The molecule has 0 aromatic heterocycles. The van der Waals surface area contributed by atoms with Crippen molar-refractivity contribution in [2.45, 2.75) is 0 Å². The van der Waals surface area contributed by atoms with Crippen molar-refractivity contribution in [2.75, 3.05) is 46.9 Å². The molecule has 1 fully saturated rings. The van der Waals surface area contributed by atoms with Crippen LogP contribution in [0.3, 0.4) is 0 Å². The molecule has 1 aromatic rings. The van der Waals surface area contributed by atoms with E-state index in [1.807, 2.05) is 0 Å². The Labute approximate surface area is 144 Å².